The lowest BCUT2D eigenvalue weighted by atomic mass is 10.0. The highest BCUT2D eigenvalue weighted by Gasteiger charge is 2.28. The fraction of sp³-hybridized carbons (Fsp3) is 0.207. The Hall–Kier alpha value is -5.05. The van der Waals surface area contributed by atoms with E-state index in [9.17, 15) is 23.6 Å². The van der Waals surface area contributed by atoms with Gasteiger partial charge in [-0.3, -0.25) is 14.3 Å². The summed E-state index contributed by atoms with van der Waals surface area (Å²) in [5.74, 6) is -3.30. The van der Waals surface area contributed by atoms with E-state index in [-0.39, 0.29) is 39.9 Å². The number of anilines is 1. The number of hydrogen-bond acceptors (Lipinski definition) is 5. The number of nitriles is 1. The number of alkyl halides is 2. The molecular weight excluding hydrogens is 544 g/mol. The molecule has 0 saturated carbocycles. The first-order chi connectivity index (χ1) is 19.4. The molecule has 0 unspecified atom stereocenters. The molecule has 1 amide bonds. The van der Waals surface area contributed by atoms with Crippen LogP contribution in [0.15, 0.2) is 59.4 Å². The Morgan fingerprint density at radius 3 is 2.17 bits per heavy atom. The summed E-state index contributed by atoms with van der Waals surface area (Å²) in [6.45, 7) is 0.723. The Labute approximate surface area is 231 Å². The molecule has 8 nitrogen and oxygen atoms in total. The van der Waals surface area contributed by atoms with Crippen molar-refractivity contribution in [3.05, 3.63) is 93.3 Å². The van der Waals surface area contributed by atoms with Crippen LogP contribution in [0.4, 0.5) is 23.2 Å². The molecule has 0 saturated heterocycles. The third-order valence-electron chi connectivity index (χ3n) is 6.32. The van der Waals surface area contributed by atoms with E-state index >= 15 is 8.78 Å². The third kappa shape index (κ3) is 5.79. The molecule has 1 N–H and O–H groups in total. The van der Waals surface area contributed by atoms with Crippen LogP contribution in [0.25, 0.3) is 16.9 Å². The Morgan fingerprint density at radius 1 is 1.00 bits per heavy atom. The number of aromatic nitrogens is 2. The molecule has 0 spiro atoms. The predicted octanol–water partition coefficient (Wildman–Crippen LogP) is 5.98. The lowest BCUT2D eigenvalue weighted by molar-refractivity contribution is -0.0498. The molecular formula is C29H24F4N4O4. The Balaban J connectivity index is 1.93. The monoisotopic (exact) mass is 568 g/mol. The number of carbonyl (C=O) groups excluding carboxylic acids is 1. The summed E-state index contributed by atoms with van der Waals surface area (Å²) in [4.78, 5) is 27.0. The van der Waals surface area contributed by atoms with Gasteiger partial charge in [0.15, 0.2) is 0 Å². The number of hydrogen-bond donors (Lipinski definition) is 1. The Morgan fingerprint density at radius 2 is 1.63 bits per heavy atom. The van der Waals surface area contributed by atoms with Gasteiger partial charge in [-0.05, 0) is 53.9 Å². The molecule has 1 aromatic heterocycles. The van der Waals surface area contributed by atoms with Crippen molar-refractivity contribution in [3.63, 3.8) is 0 Å². The predicted molar refractivity (Wildman–Crippen MR) is 143 cm³/mol. The van der Waals surface area contributed by atoms with Crippen LogP contribution < -0.4 is 20.3 Å². The van der Waals surface area contributed by atoms with E-state index in [1.807, 2.05) is 19.9 Å². The second kappa shape index (κ2) is 11.6. The largest absolute Gasteiger partial charge is 0.497 e. The van der Waals surface area contributed by atoms with E-state index in [2.05, 4.69) is 10.1 Å². The van der Waals surface area contributed by atoms with Crippen molar-refractivity contribution < 1.29 is 31.8 Å². The first kappa shape index (κ1) is 28.9. The quantitative estimate of drug-likeness (QED) is 0.264. The maximum atomic E-state index is 15.3. The first-order valence-corrected chi connectivity index (χ1v) is 12.2. The summed E-state index contributed by atoms with van der Waals surface area (Å²) >= 11 is 0. The van der Waals surface area contributed by atoms with Gasteiger partial charge in [0.05, 0.1) is 30.0 Å². The number of rotatable bonds is 8. The van der Waals surface area contributed by atoms with E-state index in [0.29, 0.717) is 0 Å². The zero-order valence-corrected chi connectivity index (χ0v) is 22.3. The maximum Gasteiger partial charge on any atom is 0.387 e. The molecule has 41 heavy (non-hydrogen) atoms. The van der Waals surface area contributed by atoms with Gasteiger partial charge in [-0.25, -0.2) is 13.5 Å². The molecule has 0 aliphatic carbocycles. The smallest absolute Gasteiger partial charge is 0.387 e. The van der Waals surface area contributed by atoms with Crippen molar-refractivity contribution in [2.45, 2.75) is 26.4 Å². The topological polar surface area (TPSA) is 98.3 Å². The van der Waals surface area contributed by atoms with Crippen molar-refractivity contribution in [1.82, 2.24) is 9.36 Å². The molecule has 0 fully saturated rings. The Kier molecular flexibility index (Phi) is 8.18. The number of halogens is 4. The van der Waals surface area contributed by atoms with Gasteiger partial charge in [0.25, 0.3) is 11.5 Å². The average Bonchev–Trinajstić information content (AvgIpc) is 3.16. The van der Waals surface area contributed by atoms with E-state index in [1.54, 1.807) is 12.1 Å². The highest BCUT2D eigenvalue weighted by molar-refractivity contribution is 6.06. The molecule has 0 radical (unpaired) electrons. The SMILES string of the molecule is COc1cc(F)c(-c2c(NC(=O)c3ccc(OC(F)F)cc3)c(=O)n(-c3cc(C#N)cc(C(C)C)c3)n2C)c(F)c1. The van der Waals surface area contributed by atoms with Crippen LogP contribution in [0.1, 0.15) is 41.3 Å². The average molecular weight is 569 g/mol. The van der Waals surface area contributed by atoms with Gasteiger partial charge in [-0.15, -0.1) is 0 Å². The van der Waals surface area contributed by atoms with Crippen molar-refractivity contribution in [2.75, 3.05) is 12.4 Å². The van der Waals surface area contributed by atoms with E-state index in [0.717, 1.165) is 34.5 Å². The van der Waals surface area contributed by atoms with Crippen LogP contribution in [-0.2, 0) is 7.05 Å². The number of nitrogens with zero attached hydrogens (tertiary/aromatic N) is 3. The minimum absolute atomic E-state index is 0.0230. The van der Waals surface area contributed by atoms with Crippen molar-refractivity contribution in [1.29, 1.82) is 5.26 Å². The summed E-state index contributed by atoms with van der Waals surface area (Å²) in [5.41, 5.74) is -1.05. The van der Waals surface area contributed by atoms with Gasteiger partial charge in [-0.1, -0.05) is 13.8 Å². The van der Waals surface area contributed by atoms with E-state index in [1.165, 1.54) is 37.0 Å². The van der Waals surface area contributed by atoms with Gasteiger partial charge in [0.2, 0.25) is 0 Å². The number of carbonyl (C=O) groups is 1. The van der Waals surface area contributed by atoms with Crippen LogP contribution >= 0.6 is 0 Å². The molecule has 1 heterocycles. The van der Waals surface area contributed by atoms with Crippen LogP contribution in [-0.4, -0.2) is 29.0 Å². The van der Waals surface area contributed by atoms with E-state index < -0.39 is 41.0 Å². The second-order valence-electron chi connectivity index (χ2n) is 9.27. The molecule has 0 aliphatic heterocycles. The fourth-order valence-electron chi connectivity index (χ4n) is 4.32. The summed E-state index contributed by atoms with van der Waals surface area (Å²) < 4.78 is 67.1. The fourth-order valence-corrected chi connectivity index (χ4v) is 4.32. The summed E-state index contributed by atoms with van der Waals surface area (Å²) in [6.07, 6.45) is 0. The number of nitrogens with one attached hydrogen (secondary N) is 1. The third-order valence-corrected chi connectivity index (χ3v) is 6.32. The molecule has 0 atom stereocenters. The summed E-state index contributed by atoms with van der Waals surface area (Å²) in [7, 11) is 2.61. The molecule has 3 aromatic carbocycles. The van der Waals surface area contributed by atoms with Crippen LogP contribution in [0.5, 0.6) is 11.5 Å². The number of methoxy groups -OCH3 is 1. The minimum atomic E-state index is -3.06. The normalized spacial score (nSPS) is 11.0. The standard InChI is InChI=1S/C29H24F4N4O4/c1-15(2)18-9-16(14-34)10-19(11-18)37-28(39)25(35-27(38)17-5-7-20(8-6-17)41-29(32)33)26(36(37)3)24-22(30)12-21(40-4)13-23(24)31/h5-13,15,29H,1-4H3,(H,35,38). The molecule has 4 aromatic rings. The van der Waals surface area contributed by atoms with Gasteiger partial charge >= 0.3 is 6.61 Å². The number of ether oxygens (including phenoxy) is 2. The lowest BCUT2D eigenvalue weighted by Crippen LogP contribution is -2.23. The van der Waals surface area contributed by atoms with Crippen LogP contribution in [0, 0.1) is 23.0 Å². The molecule has 4 rings (SSSR count). The zero-order chi connectivity index (χ0) is 30.0. The van der Waals surface area contributed by atoms with Crippen LogP contribution in [0.3, 0.4) is 0 Å². The number of amides is 1. The molecule has 212 valence electrons. The molecule has 0 bridgehead atoms. The van der Waals surface area contributed by atoms with Gasteiger partial charge in [0.1, 0.15) is 34.5 Å². The summed E-state index contributed by atoms with van der Waals surface area (Å²) in [6, 6.07) is 13.3. The minimum Gasteiger partial charge on any atom is -0.497 e. The van der Waals surface area contributed by atoms with E-state index in [4.69, 9.17) is 4.74 Å². The lowest BCUT2D eigenvalue weighted by Gasteiger charge is -2.14. The number of benzene rings is 3. The van der Waals surface area contributed by atoms with Crippen molar-refractivity contribution >= 4 is 11.6 Å². The van der Waals surface area contributed by atoms with Crippen molar-refractivity contribution in [3.8, 4) is 34.5 Å². The highest BCUT2D eigenvalue weighted by Crippen LogP contribution is 2.34. The Bertz CT molecular complexity index is 1700. The van der Waals surface area contributed by atoms with Gasteiger partial charge in [0, 0.05) is 24.7 Å². The van der Waals surface area contributed by atoms with Gasteiger partial charge < -0.3 is 14.8 Å². The maximum absolute atomic E-state index is 15.3. The molecule has 0 aliphatic rings. The summed E-state index contributed by atoms with van der Waals surface area (Å²) in [5, 5.41) is 12.0. The zero-order valence-electron chi connectivity index (χ0n) is 22.3. The highest BCUT2D eigenvalue weighted by atomic mass is 19.3. The second-order valence-corrected chi connectivity index (χ2v) is 9.27. The van der Waals surface area contributed by atoms with Gasteiger partial charge in [-0.2, -0.15) is 14.0 Å². The van der Waals surface area contributed by atoms with Crippen LogP contribution in [0.2, 0.25) is 0 Å². The molecule has 12 heteroatoms. The first-order valence-electron chi connectivity index (χ1n) is 12.2. The van der Waals surface area contributed by atoms with Crippen molar-refractivity contribution in [2.24, 2.45) is 7.05 Å².